The molecule has 6 nitrogen and oxygen atoms in total. The summed E-state index contributed by atoms with van der Waals surface area (Å²) in [7, 11) is 0. The molecule has 0 bridgehead atoms. The van der Waals surface area contributed by atoms with Crippen LogP contribution in [0.5, 0.6) is 17.2 Å². The summed E-state index contributed by atoms with van der Waals surface area (Å²) in [4.78, 5) is 0. The van der Waals surface area contributed by atoms with Crippen LogP contribution in [0.1, 0.15) is 92.3 Å². The molecule has 0 aliphatic carbocycles. The average Bonchev–Trinajstić information content (AvgIpc) is 3.95. The molecule has 6 rings (SSSR count). The molecule has 3 saturated heterocycles. The predicted octanol–water partition coefficient (Wildman–Crippen LogP) is 8.55. The van der Waals surface area contributed by atoms with E-state index in [4.69, 9.17) is 28.4 Å². The Morgan fingerprint density at radius 3 is 1.60 bits per heavy atom. The molecule has 0 saturated carbocycles. The summed E-state index contributed by atoms with van der Waals surface area (Å²) < 4.78 is 35.4. The van der Waals surface area contributed by atoms with Gasteiger partial charge in [-0.15, -0.1) is 0 Å². The molecular formula is C42H56O6. The standard InChI is InChI=1S/C42H56O6/c1-8-41(9-2,33-16-15-28(5)39(18-33)47-26-36-23-44-36)21-32-17-34(19-40(30(32)7)48-27-37-24-45-37)42(10-3,11-4)20-31-13-12-14-38(29(31)6)46-25-35-22-43-35/h12-19,35-37H,8-11,20-27H2,1-7H3. The molecule has 3 aromatic rings. The van der Waals surface area contributed by atoms with Gasteiger partial charge in [-0.1, -0.05) is 58.0 Å². The number of benzene rings is 3. The minimum atomic E-state index is -0.0591. The van der Waals surface area contributed by atoms with Gasteiger partial charge in [0.2, 0.25) is 0 Å². The number of hydrogen-bond acceptors (Lipinski definition) is 6. The quantitative estimate of drug-likeness (QED) is 0.121. The third-order valence-electron chi connectivity index (χ3n) is 11.5. The van der Waals surface area contributed by atoms with Gasteiger partial charge in [0, 0.05) is 0 Å². The first-order valence-electron chi connectivity index (χ1n) is 18.3. The second kappa shape index (κ2) is 14.8. The number of aryl methyl sites for hydroxylation is 1. The first-order valence-corrected chi connectivity index (χ1v) is 18.3. The van der Waals surface area contributed by atoms with E-state index in [1.807, 2.05) is 0 Å². The maximum atomic E-state index is 6.57. The van der Waals surface area contributed by atoms with Crippen molar-refractivity contribution in [3.05, 3.63) is 87.5 Å². The van der Waals surface area contributed by atoms with E-state index in [0.717, 1.165) is 81.2 Å². The SMILES string of the molecule is CCC(CC)(Cc1cccc(OCC2CO2)c1C)c1cc(CC(CC)(CC)c2ccc(C)c(OCC3CO3)c2)c(C)c(OCC2CO2)c1. The summed E-state index contributed by atoms with van der Waals surface area (Å²) >= 11 is 0. The lowest BCUT2D eigenvalue weighted by Crippen LogP contribution is -2.30. The molecule has 0 amide bonds. The van der Waals surface area contributed by atoms with E-state index in [1.165, 1.54) is 33.4 Å². The van der Waals surface area contributed by atoms with Gasteiger partial charge >= 0.3 is 0 Å². The van der Waals surface area contributed by atoms with E-state index in [2.05, 4.69) is 97.0 Å². The van der Waals surface area contributed by atoms with Crippen LogP contribution >= 0.6 is 0 Å². The van der Waals surface area contributed by atoms with Crippen LogP contribution in [0.3, 0.4) is 0 Å². The number of hydrogen-bond donors (Lipinski definition) is 0. The van der Waals surface area contributed by atoms with Crippen molar-refractivity contribution in [1.29, 1.82) is 0 Å². The van der Waals surface area contributed by atoms with E-state index in [0.29, 0.717) is 19.8 Å². The van der Waals surface area contributed by atoms with Gasteiger partial charge in [0.05, 0.1) is 19.8 Å². The van der Waals surface area contributed by atoms with E-state index in [1.54, 1.807) is 0 Å². The Balaban J connectivity index is 1.36. The van der Waals surface area contributed by atoms with Crippen molar-refractivity contribution in [2.24, 2.45) is 0 Å². The summed E-state index contributed by atoms with van der Waals surface area (Å²) in [5.74, 6) is 2.92. The van der Waals surface area contributed by atoms with Crippen LogP contribution in [0.2, 0.25) is 0 Å². The Morgan fingerprint density at radius 1 is 0.562 bits per heavy atom. The van der Waals surface area contributed by atoms with E-state index in [-0.39, 0.29) is 29.1 Å². The normalized spacial score (nSPS) is 20.0. The van der Waals surface area contributed by atoms with Crippen LogP contribution in [0, 0.1) is 20.8 Å². The second-order valence-corrected chi connectivity index (χ2v) is 14.4. The molecule has 3 aliphatic heterocycles. The van der Waals surface area contributed by atoms with Gasteiger partial charge < -0.3 is 28.4 Å². The van der Waals surface area contributed by atoms with Gasteiger partial charge in [-0.3, -0.25) is 0 Å². The first kappa shape index (κ1) is 34.8. The molecule has 3 atom stereocenters. The average molecular weight is 657 g/mol. The molecule has 6 heteroatoms. The summed E-state index contributed by atoms with van der Waals surface area (Å²) in [5.41, 5.74) is 8.91. The summed E-state index contributed by atoms with van der Waals surface area (Å²) in [6, 6.07) is 18.2. The van der Waals surface area contributed by atoms with Crippen LogP contribution in [-0.4, -0.2) is 58.0 Å². The fourth-order valence-corrected chi connectivity index (χ4v) is 7.27. The fourth-order valence-electron chi connectivity index (χ4n) is 7.27. The molecule has 0 radical (unpaired) electrons. The van der Waals surface area contributed by atoms with Gasteiger partial charge in [-0.05, 0) is 127 Å². The van der Waals surface area contributed by atoms with Crippen molar-refractivity contribution in [2.45, 2.75) is 116 Å². The van der Waals surface area contributed by atoms with Crippen LogP contribution in [0.25, 0.3) is 0 Å². The van der Waals surface area contributed by atoms with Crippen molar-refractivity contribution in [3.63, 3.8) is 0 Å². The Kier molecular flexibility index (Phi) is 10.7. The van der Waals surface area contributed by atoms with E-state index >= 15 is 0 Å². The predicted molar refractivity (Wildman–Crippen MR) is 191 cm³/mol. The molecule has 3 aliphatic rings. The zero-order valence-corrected chi connectivity index (χ0v) is 30.3. The molecule has 3 heterocycles. The number of epoxide rings is 3. The Bertz CT molecular complexity index is 1540. The molecule has 3 fully saturated rings. The van der Waals surface area contributed by atoms with Crippen LogP contribution < -0.4 is 14.2 Å². The Morgan fingerprint density at radius 2 is 1.04 bits per heavy atom. The molecule has 0 spiro atoms. The van der Waals surface area contributed by atoms with E-state index in [9.17, 15) is 0 Å². The third-order valence-corrected chi connectivity index (χ3v) is 11.5. The molecule has 48 heavy (non-hydrogen) atoms. The third kappa shape index (κ3) is 7.87. The lowest BCUT2D eigenvalue weighted by atomic mass is 9.68. The second-order valence-electron chi connectivity index (χ2n) is 14.4. The highest BCUT2D eigenvalue weighted by Gasteiger charge is 2.35. The van der Waals surface area contributed by atoms with E-state index < -0.39 is 0 Å². The Hall–Kier alpha value is -3.06. The smallest absolute Gasteiger partial charge is 0.122 e. The highest BCUT2D eigenvalue weighted by Crippen LogP contribution is 2.44. The first-order chi connectivity index (χ1) is 23.2. The van der Waals surface area contributed by atoms with Crippen LogP contribution in [0.15, 0.2) is 48.5 Å². The lowest BCUT2D eigenvalue weighted by molar-refractivity contribution is 0.259. The van der Waals surface area contributed by atoms with Crippen LogP contribution in [0.4, 0.5) is 0 Å². The maximum Gasteiger partial charge on any atom is 0.122 e. The van der Waals surface area contributed by atoms with Crippen LogP contribution in [-0.2, 0) is 37.9 Å². The summed E-state index contributed by atoms with van der Waals surface area (Å²) in [5, 5.41) is 0. The van der Waals surface area contributed by atoms with Gasteiger partial charge in [-0.25, -0.2) is 0 Å². The summed E-state index contributed by atoms with van der Waals surface area (Å²) in [6.07, 6.45) is 6.62. The molecule has 3 aromatic carbocycles. The molecular weight excluding hydrogens is 600 g/mol. The van der Waals surface area contributed by atoms with Gasteiger partial charge in [0.1, 0.15) is 55.4 Å². The number of ether oxygens (including phenoxy) is 6. The monoisotopic (exact) mass is 656 g/mol. The zero-order valence-electron chi connectivity index (χ0n) is 30.3. The van der Waals surface area contributed by atoms with Crippen molar-refractivity contribution in [3.8, 4) is 17.2 Å². The van der Waals surface area contributed by atoms with Crippen molar-refractivity contribution >= 4 is 0 Å². The van der Waals surface area contributed by atoms with Crippen molar-refractivity contribution in [1.82, 2.24) is 0 Å². The Labute approximate surface area is 288 Å². The van der Waals surface area contributed by atoms with Gasteiger partial charge in [0.15, 0.2) is 0 Å². The zero-order chi connectivity index (χ0) is 33.9. The number of rotatable bonds is 19. The molecule has 0 aromatic heterocycles. The van der Waals surface area contributed by atoms with Gasteiger partial charge in [0.25, 0.3) is 0 Å². The molecule has 0 N–H and O–H groups in total. The van der Waals surface area contributed by atoms with Gasteiger partial charge in [-0.2, -0.15) is 0 Å². The summed E-state index contributed by atoms with van der Waals surface area (Å²) in [6.45, 7) is 20.1. The maximum absolute atomic E-state index is 6.57. The lowest BCUT2D eigenvalue weighted by Gasteiger charge is -2.37. The molecule has 260 valence electrons. The minimum Gasteiger partial charge on any atom is -0.491 e. The minimum absolute atomic E-state index is 0.0449. The highest BCUT2D eigenvalue weighted by atomic mass is 16.6. The van der Waals surface area contributed by atoms with Crippen molar-refractivity contribution in [2.75, 3.05) is 39.6 Å². The largest absolute Gasteiger partial charge is 0.491 e. The topological polar surface area (TPSA) is 65.3 Å². The van der Waals surface area contributed by atoms with Crippen molar-refractivity contribution < 1.29 is 28.4 Å². The fraction of sp³-hybridized carbons (Fsp3) is 0.571. The molecule has 3 unspecified atom stereocenters. The highest BCUT2D eigenvalue weighted by molar-refractivity contribution is 5.50.